The normalized spacial score (nSPS) is 14.7. The quantitative estimate of drug-likeness (QED) is 0.781. The molecule has 2 amide bonds. The number of hydrogen-bond donors (Lipinski definition) is 2. The third-order valence-corrected chi connectivity index (χ3v) is 6.26. The molecule has 0 unspecified atom stereocenters. The number of amides is 2. The lowest BCUT2D eigenvalue weighted by molar-refractivity contribution is -0.120. The van der Waals surface area contributed by atoms with Gasteiger partial charge in [0.05, 0.1) is 22.8 Å². The van der Waals surface area contributed by atoms with Gasteiger partial charge in [-0.25, -0.2) is 12.7 Å². The number of carbonyl (C=O) groups is 2. The highest BCUT2D eigenvalue weighted by atomic mass is 32.2. The Hall–Kier alpha value is -2.91. The van der Waals surface area contributed by atoms with Crippen molar-refractivity contribution in [3.05, 3.63) is 54.1 Å². The molecule has 3 rings (SSSR count). The van der Waals surface area contributed by atoms with Gasteiger partial charge in [-0.1, -0.05) is 12.1 Å². The molecule has 9 heteroatoms. The van der Waals surface area contributed by atoms with E-state index < -0.39 is 10.0 Å². The minimum absolute atomic E-state index is 0.0648. The van der Waals surface area contributed by atoms with Crippen molar-refractivity contribution in [1.82, 2.24) is 9.62 Å². The molecule has 1 fully saturated rings. The monoisotopic (exact) mass is 402 g/mol. The first-order valence-corrected chi connectivity index (χ1v) is 10.2. The molecule has 148 valence electrons. The first-order valence-electron chi connectivity index (χ1n) is 8.73. The number of nitrogens with zero attached hydrogens (tertiary/aromatic N) is 2. The zero-order valence-electron chi connectivity index (χ0n) is 15.7. The van der Waals surface area contributed by atoms with Crippen molar-refractivity contribution in [2.75, 3.05) is 43.9 Å². The van der Waals surface area contributed by atoms with Crippen molar-refractivity contribution in [2.24, 2.45) is 0 Å². The SMILES string of the molecule is CN(C)S(=O)(=O)c1ccc(C(=O)Nc2ccccc2N2CCNC(=O)C2)cc1. The fraction of sp³-hybridized carbons (Fsp3) is 0.263. The molecule has 2 aromatic rings. The minimum atomic E-state index is -3.55. The topological polar surface area (TPSA) is 98.8 Å². The summed E-state index contributed by atoms with van der Waals surface area (Å²) in [4.78, 5) is 26.3. The number of rotatable bonds is 5. The smallest absolute Gasteiger partial charge is 0.255 e. The average Bonchev–Trinajstić information content (AvgIpc) is 2.68. The van der Waals surface area contributed by atoms with Crippen LogP contribution in [0.25, 0.3) is 0 Å². The highest BCUT2D eigenvalue weighted by Gasteiger charge is 2.21. The van der Waals surface area contributed by atoms with Crippen LogP contribution in [-0.2, 0) is 14.8 Å². The van der Waals surface area contributed by atoms with Crippen LogP contribution in [0.5, 0.6) is 0 Å². The number of hydrogen-bond acceptors (Lipinski definition) is 5. The highest BCUT2D eigenvalue weighted by molar-refractivity contribution is 7.89. The first-order chi connectivity index (χ1) is 13.3. The van der Waals surface area contributed by atoms with Crippen molar-refractivity contribution in [3.8, 4) is 0 Å². The number of carbonyl (C=O) groups excluding carboxylic acids is 2. The predicted molar refractivity (Wildman–Crippen MR) is 107 cm³/mol. The van der Waals surface area contributed by atoms with Crippen LogP contribution in [0, 0.1) is 0 Å². The number of nitrogens with one attached hydrogen (secondary N) is 2. The molecule has 28 heavy (non-hydrogen) atoms. The van der Waals surface area contributed by atoms with Gasteiger partial charge in [0, 0.05) is 32.7 Å². The molecule has 1 saturated heterocycles. The molecular formula is C19H22N4O4S. The highest BCUT2D eigenvalue weighted by Crippen LogP contribution is 2.26. The van der Waals surface area contributed by atoms with Gasteiger partial charge in [-0.2, -0.15) is 0 Å². The fourth-order valence-corrected chi connectivity index (χ4v) is 3.78. The maximum atomic E-state index is 12.6. The van der Waals surface area contributed by atoms with Crippen LogP contribution in [0.1, 0.15) is 10.4 Å². The molecule has 2 N–H and O–H groups in total. The molecule has 2 aromatic carbocycles. The third-order valence-electron chi connectivity index (χ3n) is 4.43. The van der Waals surface area contributed by atoms with E-state index >= 15 is 0 Å². The van der Waals surface area contributed by atoms with E-state index in [1.54, 1.807) is 12.1 Å². The summed E-state index contributed by atoms with van der Waals surface area (Å²) in [6, 6.07) is 13.0. The lowest BCUT2D eigenvalue weighted by Crippen LogP contribution is -2.47. The standard InChI is InChI=1S/C19H22N4O4S/c1-22(2)28(26,27)15-9-7-14(8-10-15)19(25)21-16-5-3-4-6-17(16)23-12-11-20-18(24)13-23/h3-10H,11-13H2,1-2H3,(H,20,24)(H,21,25). The van der Waals surface area contributed by atoms with Crippen LogP contribution in [0.3, 0.4) is 0 Å². The second kappa shape index (κ2) is 7.99. The van der Waals surface area contributed by atoms with Crippen molar-refractivity contribution < 1.29 is 18.0 Å². The second-order valence-corrected chi connectivity index (χ2v) is 8.71. The van der Waals surface area contributed by atoms with Gasteiger partial charge in [0.25, 0.3) is 5.91 Å². The summed E-state index contributed by atoms with van der Waals surface area (Å²) in [5.41, 5.74) is 1.69. The summed E-state index contributed by atoms with van der Waals surface area (Å²) >= 11 is 0. The van der Waals surface area contributed by atoms with Crippen molar-refractivity contribution in [1.29, 1.82) is 0 Å². The summed E-state index contributed by atoms with van der Waals surface area (Å²) in [6.45, 7) is 1.42. The molecule has 0 atom stereocenters. The molecule has 0 spiro atoms. The van der Waals surface area contributed by atoms with Gasteiger partial charge in [0.2, 0.25) is 15.9 Å². The number of para-hydroxylation sites is 2. The summed E-state index contributed by atoms with van der Waals surface area (Å²) in [7, 11) is -0.643. The Bertz CT molecular complexity index is 987. The van der Waals surface area contributed by atoms with Gasteiger partial charge >= 0.3 is 0 Å². The zero-order chi connectivity index (χ0) is 20.3. The Balaban J connectivity index is 1.79. The molecule has 0 saturated carbocycles. The third kappa shape index (κ3) is 4.15. The van der Waals surface area contributed by atoms with E-state index in [4.69, 9.17) is 0 Å². The lowest BCUT2D eigenvalue weighted by atomic mass is 10.2. The molecule has 0 aromatic heterocycles. The maximum absolute atomic E-state index is 12.6. The van der Waals surface area contributed by atoms with Crippen LogP contribution in [0.2, 0.25) is 0 Å². The van der Waals surface area contributed by atoms with Gasteiger partial charge in [0.1, 0.15) is 0 Å². The molecular weight excluding hydrogens is 380 g/mol. The van der Waals surface area contributed by atoms with Crippen molar-refractivity contribution in [3.63, 3.8) is 0 Å². The average molecular weight is 402 g/mol. The van der Waals surface area contributed by atoms with Gasteiger partial charge in [0.15, 0.2) is 0 Å². The Morgan fingerprint density at radius 2 is 1.79 bits per heavy atom. The predicted octanol–water partition coefficient (Wildman–Crippen LogP) is 1.13. The summed E-state index contributed by atoms with van der Waals surface area (Å²) < 4.78 is 25.4. The van der Waals surface area contributed by atoms with Crippen LogP contribution in [-0.4, -0.2) is 58.3 Å². The lowest BCUT2D eigenvalue weighted by Gasteiger charge is -2.30. The van der Waals surface area contributed by atoms with Crippen LogP contribution in [0.4, 0.5) is 11.4 Å². The number of piperazine rings is 1. The molecule has 1 aliphatic rings. The Morgan fingerprint density at radius 3 is 2.43 bits per heavy atom. The van der Waals surface area contributed by atoms with Crippen LogP contribution < -0.4 is 15.5 Å². The summed E-state index contributed by atoms with van der Waals surface area (Å²) in [5, 5.41) is 5.62. The van der Waals surface area contributed by atoms with E-state index in [9.17, 15) is 18.0 Å². The largest absolute Gasteiger partial charge is 0.359 e. The minimum Gasteiger partial charge on any atom is -0.359 e. The van der Waals surface area contributed by atoms with Crippen LogP contribution in [0.15, 0.2) is 53.4 Å². The fourth-order valence-electron chi connectivity index (χ4n) is 2.88. The Kier molecular flexibility index (Phi) is 5.66. The van der Waals surface area contributed by atoms with E-state index in [1.165, 1.54) is 38.4 Å². The van der Waals surface area contributed by atoms with Gasteiger partial charge in [-0.3, -0.25) is 9.59 Å². The maximum Gasteiger partial charge on any atom is 0.255 e. The first kappa shape index (κ1) is 19.8. The zero-order valence-corrected chi connectivity index (χ0v) is 16.5. The summed E-state index contributed by atoms with van der Waals surface area (Å²) in [6.07, 6.45) is 0. The molecule has 1 heterocycles. The van der Waals surface area contributed by atoms with Gasteiger partial charge < -0.3 is 15.5 Å². The van der Waals surface area contributed by atoms with Gasteiger partial charge in [-0.15, -0.1) is 0 Å². The van der Waals surface area contributed by atoms with Crippen LogP contribution >= 0.6 is 0 Å². The molecule has 1 aliphatic heterocycles. The van der Waals surface area contributed by atoms with E-state index in [-0.39, 0.29) is 23.3 Å². The van der Waals surface area contributed by atoms with Crippen molar-refractivity contribution >= 4 is 33.2 Å². The Labute approximate surface area is 164 Å². The molecule has 8 nitrogen and oxygen atoms in total. The van der Waals surface area contributed by atoms with E-state index in [0.29, 0.717) is 24.3 Å². The summed E-state index contributed by atoms with van der Waals surface area (Å²) in [5.74, 6) is -0.423. The molecule has 0 aliphatic carbocycles. The van der Waals surface area contributed by atoms with Gasteiger partial charge in [-0.05, 0) is 36.4 Å². The molecule has 0 bridgehead atoms. The van der Waals surface area contributed by atoms with Crippen molar-refractivity contribution in [2.45, 2.75) is 4.90 Å². The second-order valence-electron chi connectivity index (χ2n) is 6.55. The van der Waals surface area contributed by atoms with E-state index in [1.807, 2.05) is 17.0 Å². The number of sulfonamides is 1. The Morgan fingerprint density at radius 1 is 1.11 bits per heavy atom. The van der Waals surface area contributed by atoms with E-state index in [2.05, 4.69) is 10.6 Å². The number of benzene rings is 2. The number of anilines is 2. The molecule has 0 radical (unpaired) electrons. The van der Waals surface area contributed by atoms with E-state index in [0.717, 1.165) is 9.99 Å².